The highest BCUT2D eigenvalue weighted by Gasteiger charge is 2.19. The number of hydrogen-bond donors (Lipinski definition) is 3. The number of nitrogens with zero attached hydrogens (tertiary/aromatic N) is 2. The van der Waals surface area contributed by atoms with Crippen molar-refractivity contribution in [1.29, 1.82) is 0 Å². The molecule has 18 heavy (non-hydrogen) atoms. The molecule has 1 rings (SSSR count). The Labute approximate surface area is 110 Å². The zero-order valence-corrected chi connectivity index (χ0v) is 11.2. The first kappa shape index (κ1) is 14.9. The zero-order chi connectivity index (χ0) is 13.8. The van der Waals surface area contributed by atoms with Gasteiger partial charge in [0.15, 0.2) is 0 Å². The van der Waals surface area contributed by atoms with Crippen molar-refractivity contribution in [2.45, 2.75) is 32.4 Å². The van der Waals surface area contributed by atoms with Crippen molar-refractivity contribution in [3.8, 4) is 0 Å². The lowest BCUT2D eigenvalue weighted by Crippen LogP contribution is -2.37. The fourth-order valence-corrected chi connectivity index (χ4v) is 1.51. The summed E-state index contributed by atoms with van der Waals surface area (Å²) < 4.78 is 1.29. The molecular weight excluding hydrogens is 258 g/mol. The molecule has 0 saturated heterocycles. The molecule has 1 heterocycles. The van der Waals surface area contributed by atoms with Crippen LogP contribution in [0.25, 0.3) is 0 Å². The molecule has 0 radical (unpaired) electrons. The number of hydrogen-bond acceptors (Lipinski definition) is 5. The van der Waals surface area contributed by atoms with Crippen molar-refractivity contribution in [2.75, 3.05) is 18.5 Å². The normalized spacial score (nSPS) is 14.3. The fourth-order valence-electron chi connectivity index (χ4n) is 1.30. The maximum atomic E-state index is 11.8. The van der Waals surface area contributed by atoms with Gasteiger partial charge in [-0.15, -0.1) is 0 Å². The first-order valence-corrected chi connectivity index (χ1v) is 6.12. The summed E-state index contributed by atoms with van der Waals surface area (Å²) in [6, 6.07) is 0. The molecule has 3 N–H and O–H groups in total. The van der Waals surface area contributed by atoms with Crippen LogP contribution in [0.1, 0.15) is 20.3 Å². The monoisotopic (exact) mass is 275 g/mol. The second kappa shape index (κ2) is 6.17. The van der Waals surface area contributed by atoms with Crippen molar-refractivity contribution in [2.24, 2.45) is 0 Å². The van der Waals surface area contributed by atoms with Crippen LogP contribution in [0, 0.1) is 0 Å². The van der Waals surface area contributed by atoms with Gasteiger partial charge in [0.25, 0.3) is 5.56 Å². The predicted molar refractivity (Wildman–Crippen MR) is 70.0 cm³/mol. The Hall–Kier alpha value is -1.11. The van der Waals surface area contributed by atoms with Crippen LogP contribution in [0.15, 0.2) is 11.0 Å². The van der Waals surface area contributed by atoms with Crippen LogP contribution in [0.4, 0.5) is 5.69 Å². The molecule has 0 aromatic carbocycles. The molecule has 0 bridgehead atoms. The molecule has 0 spiro atoms. The third-order valence-electron chi connectivity index (χ3n) is 2.42. The Bertz CT molecular complexity index is 459. The zero-order valence-electron chi connectivity index (χ0n) is 10.5. The van der Waals surface area contributed by atoms with Gasteiger partial charge in [0.1, 0.15) is 10.6 Å². The van der Waals surface area contributed by atoms with Crippen molar-refractivity contribution in [3.63, 3.8) is 0 Å². The van der Waals surface area contributed by atoms with Crippen molar-refractivity contribution >= 4 is 17.3 Å². The number of aliphatic hydroxyl groups excluding tert-OH is 1. The lowest BCUT2D eigenvalue weighted by Gasteiger charge is -2.21. The summed E-state index contributed by atoms with van der Waals surface area (Å²) in [5.74, 6) is 0. The molecule has 1 aromatic heterocycles. The highest BCUT2D eigenvalue weighted by atomic mass is 35.5. The highest BCUT2D eigenvalue weighted by molar-refractivity contribution is 6.32. The first-order valence-electron chi connectivity index (χ1n) is 5.74. The topological polar surface area (TPSA) is 87.4 Å². The van der Waals surface area contributed by atoms with E-state index in [1.165, 1.54) is 17.8 Å². The van der Waals surface area contributed by atoms with Gasteiger partial charge in [-0.2, -0.15) is 5.10 Å². The first-order chi connectivity index (χ1) is 8.41. The van der Waals surface area contributed by atoms with E-state index in [0.29, 0.717) is 12.2 Å². The molecule has 1 unspecified atom stereocenters. The maximum absolute atomic E-state index is 11.8. The second-order valence-corrected chi connectivity index (χ2v) is 4.79. The van der Waals surface area contributed by atoms with Crippen LogP contribution < -0.4 is 10.9 Å². The molecule has 6 nitrogen and oxygen atoms in total. The molecule has 0 amide bonds. The molecule has 0 fully saturated rings. The number of aliphatic hydroxyl groups is 2. The minimum atomic E-state index is -1.28. The van der Waals surface area contributed by atoms with Crippen LogP contribution in [0.5, 0.6) is 0 Å². The van der Waals surface area contributed by atoms with Gasteiger partial charge in [-0.3, -0.25) is 4.79 Å². The number of aryl methyl sites for hydroxylation is 1. The molecular formula is C11H18ClN3O3. The van der Waals surface area contributed by atoms with Crippen LogP contribution in [0.3, 0.4) is 0 Å². The molecule has 0 aliphatic carbocycles. The van der Waals surface area contributed by atoms with Crippen molar-refractivity contribution in [1.82, 2.24) is 9.78 Å². The van der Waals surface area contributed by atoms with Gasteiger partial charge in [0, 0.05) is 13.1 Å². The minimum Gasteiger partial charge on any atom is -0.393 e. The number of halogens is 1. The van der Waals surface area contributed by atoms with Gasteiger partial charge in [-0.1, -0.05) is 18.5 Å². The predicted octanol–water partition coefficient (Wildman–Crippen LogP) is 0.462. The van der Waals surface area contributed by atoms with Crippen LogP contribution in [-0.4, -0.2) is 38.7 Å². The number of rotatable bonds is 6. The van der Waals surface area contributed by atoms with E-state index in [4.69, 9.17) is 16.7 Å². The van der Waals surface area contributed by atoms with E-state index in [1.807, 2.05) is 6.92 Å². The lowest BCUT2D eigenvalue weighted by atomic mass is 10.1. The maximum Gasteiger partial charge on any atom is 0.287 e. The average Bonchev–Trinajstić information content (AvgIpc) is 2.34. The van der Waals surface area contributed by atoms with E-state index >= 15 is 0 Å². The van der Waals surface area contributed by atoms with E-state index in [0.717, 1.165) is 6.42 Å². The molecule has 0 saturated carbocycles. The molecule has 7 heteroatoms. The number of anilines is 1. The fraction of sp³-hybridized carbons (Fsp3) is 0.636. The number of nitrogens with one attached hydrogen (secondary N) is 1. The van der Waals surface area contributed by atoms with Gasteiger partial charge in [-0.25, -0.2) is 4.68 Å². The summed E-state index contributed by atoms with van der Waals surface area (Å²) in [5.41, 5.74) is -1.29. The Balaban J connectivity index is 2.86. The van der Waals surface area contributed by atoms with Crippen molar-refractivity contribution < 1.29 is 10.2 Å². The lowest BCUT2D eigenvalue weighted by molar-refractivity contribution is 0.0132. The number of aromatic nitrogens is 2. The smallest absolute Gasteiger partial charge is 0.287 e. The van der Waals surface area contributed by atoms with E-state index in [2.05, 4.69) is 10.4 Å². The summed E-state index contributed by atoms with van der Waals surface area (Å²) in [6.45, 7) is 3.60. The highest BCUT2D eigenvalue weighted by Crippen LogP contribution is 2.16. The summed E-state index contributed by atoms with van der Waals surface area (Å²) >= 11 is 5.93. The molecule has 0 aliphatic heterocycles. The average molecular weight is 276 g/mol. The van der Waals surface area contributed by atoms with Crippen LogP contribution >= 0.6 is 11.6 Å². The third kappa shape index (κ3) is 3.69. The second-order valence-electron chi connectivity index (χ2n) is 4.41. The Morgan fingerprint density at radius 3 is 2.83 bits per heavy atom. The van der Waals surface area contributed by atoms with Gasteiger partial charge in [-0.05, 0) is 13.3 Å². The van der Waals surface area contributed by atoms with E-state index < -0.39 is 12.2 Å². The summed E-state index contributed by atoms with van der Waals surface area (Å²) in [7, 11) is 0. The van der Waals surface area contributed by atoms with Crippen LogP contribution in [0.2, 0.25) is 5.02 Å². The minimum absolute atomic E-state index is 0.0344. The van der Waals surface area contributed by atoms with Crippen molar-refractivity contribution in [3.05, 3.63) is 21.6 Å². The molecule has 0 aliphatic rings. The van der Waals surface area contributed by atoms with Gasteiger partial charge < -0.3 is 15.5 Å². The van der Waals surface area contributed by atoms with Gasteiger partial charge >= 0.3 is 0 Å². The molecule has 1 atom stereocenters. The SMILES string of the molecule is CCCn1ncc(NCC(C)(O)CO)c(Cl)c1=O. The standard InChI is InChI=1S/C11H18ClN3O3/c1-3-4-15-10(17)9(12)8(5-14-15)13-6-11(2,18)7-16/h5,13,16,18H,3-4,6-7H2,1-2H3. The Morgan fingerprint density at radius 1 is 1.61 bits per heavy atom. The van der Waals surface area contributed by atoms with Gasteiger partial charge in [0.2, 0.25) is 0 Å². The third-order valence-corrected chi connectivity index (χ3v) is 2.79. The van der Waals surface area contributed by atoms with E-state index in [9.17, 15) is 9.90 Å². The van der Waals surface area contributed by atoms with E-state index in [-0.39, 0.29) is 17.1 Å². The Morgan fingerprint density at radius 2 is 2.28 bits per heavy atom. The van der Waals surface area contributed by atoms with Crippen LogP contribution in [-0.2, 0) is 6.54 Å². The van der Waals surface area contributed by atoms with E-state index in [1.54, 1.807) is 0 Å². The Kier molecular flexibility index (Phi) is 5.13. The molecule has 1 aromatic rings. The summed E-state index contributed by atoms with van der Waals surface area (Å²) in [5, 5.41) is 25.3. The van der Waals surface area contributed by atoms with Gasteiger partial charge in [0.05, 0.1) is 18.5 Å². The molecule has 102 valence electrons. The summed E-state index contributed by atoms with van der Waals surface area (Å²) in [4.78, 5) is 11.8. The quantitative estimate of drug-likeness (QED) is 0.702. The largest absolute Gasteiger partial charge is 0.393 e. The summed E-state index contributed by atoms with van der Waals surface area (Å²) in [6.07, 6.45) is 2.22.